The minimum atomic E-state index is 0.517. The van der Waals surface area contributed by atoms with Crippen LogP contribution in [0.2, 0.25) is 0 Å². The van der Waals surface area contributed by atoms with Gasteiger partial charge in [-0.1, -0.05) is 36.0 Å². The molecule has 0 amide bonds. The summed E-state index contributed by atoms with van der Waals surface area (Å²) in [6.07, 6.45) is 17.7. The van der Waals surface area contributed by atoms with E-state index in [1.165, 1.54) is 35.1 Å². The summed E-state index contributed by atoms with van der Waals surface area (Å²) in [5, 5.41) is 0. The van der Waals surface area contributed by atoms with E-state index in [4.69, 9.17) is 0 Å². The number of nitrogens with zero attached hydrogens (tertiary/aromatic N) is 1. The molecule has 3 aliphatic carbocycles. The summed E-state index contributed by atoms with van der Waals surface area (Å²) in [6, 6.07) is 2.14. The van der Waals surface area contributed by atoms with Crippen LogP contribution in [-0.4, -0.2) is 4.98 Å². The van der Waals surface area contributed by atoms with E-state index < -0.39 is 0 Å². The summed E-state index contributed by atoms with van der Waals surface area (Å²) in [7, 11) is 0. The van der Waals surface area contributed by atoms with Gasteiger partial charge in [0.25, 0.3) is 0 Å². The van der Waals surface area contributed by atoms with E-state index in [9.17, 15) is 0 Å². The van der Waals surface area contributed by atoms with Crippen molar-refractivity contribution in [2.45, 2.75) is 12.8 Å². The normalized spacial score (nSPS) is 24.2. The third-order valence-corrected chi connectivity index (χ3v) is 3.90. The molecule has 82 valence electrons. The van der Waals surface area contributed by atoms with Crippen LogP contribution >= 0.6 is 0 Å². The minimum Gasteiger partial charge on any atom is -0.264 e. The fourth-order valence-electron chi connectivity index (χ4n) is 3.17. The molecule has 0 saturated carbocycles. The van der Waals surface area contributed by atoms with Crippen LogP contribution < -0.4 is 0 Å². The van der Waals surface area contributed by atoms with Gasteiger partial charge in [-0.2, -0.15) is 0 Å². The van der Waals surface area contributed by atoms with Crippen LogP contribution in [0.15, 0.2) is 53.9 Å². The lowest BCUT2D eigenvalue weighted by Gasteiger charge is -2.34. The molecule has 0 aliphatic heterocycles. The molecular formula is C16H13N. The monoisotopic (exact) mass is 219 g/mol. The second-order valence-electron chi connectivity index (χ2n) is 4.84. The number of allylic oxidation sites excluding steroid dienone is 7. The van der Waals surface area contributed by atoms with Gasteiger partial charge >= 0.3 is 0 Å². The number of hydrogen-bond acceptors (Lipinski definition) is 1. The molecule has 17 heavy (non-hydrogen) atoms. The highest BCUT2D eigenvalue weighted by molar-refractivity contribution is 5.87. The summed E-state index contributed by atoms with van der Waals surface area (Å²) in [6.45, 7) is 0. The molecule has 4 rings (SSSR count). The fourth-order valence-corrected chi connectivity index (χ4v) is 3.17. The van der Waals surface area contributed by atoms with Gasteiger partial charge in [0, 0.05) is 23.9 Å². The Hall–Kier alpha value is -1.89. The minimum absolute atomic E-state index is 0.517. The zero-order chi connectivity index (χ0) is 11.2. The third kappa shape index (κ3) is 1.22. The number of rotatable bonds is 0. The Kier molecular flexibility index (Phi) is 1.78. The van der Waals surface area contributed by atoms with Crippen LogP contribution in [0.3, 0.4) is 0 Å². The van der Waals surface area contributed by atoms with Crippen molar-refractivity contribution in [3.05, 3.63) is 65.0 Å². The molecule has 0 fully saturated rings. The van der Waals surface area contributed by atoms with Gasteiger partial charge in [0.15, 0.2) is 0 Å². The molecule has 1 aromatic heterocycles. The van der Waals surface area contributed by atoms with Gasteiger partial charge in [0.2, 0.25) is 0 Å². The molecule has 1 heterocycles. The van der Waals surface area contributed by atoms with E-state index in [2.05, 4.69) is 41.4 Å². The Morgan fingerprint density at radius 2 is 2.29 bits per heavy atom. The third-order valence-electron chi connectivity index (χ3n) is 3.90. The Labute approximate surface area is 101 Å². The van der Waals surface area contributed by atoms with Crippen molar-refractivity contribution in [3.63, 3.8) is 0 Å². The van der Waals surface area contributed by atoms with Crippen molar-refractivity contribution in [2.24, 2.45) is 5.92 Å². The van der Waals surface area contributed by atoms with Gasteiger partial charge in [0.1, 0.15) is 0 Å². The predicted octanol–water partition coefficient (Wildman–Crippen LogP) is 3.77. The maximum atomic E-state index is 4.24. The molecule has 0 saturated heterocycles. The van der Waals surface area contributed by atoms with Gasteiger partial charge in [-0.25, -0.2) is 0 Å². The SMILES string of the molecule is C1=CC2=CCCC3=Cc4cnccc4C(=C1)C23. The summed E-state index contributed by atoms with van der Waals surface area (Å²) in [5.41, 5.74) is 7.11. The molecule has 0 aromatic carbocycles. The lowest BCUT2D eigenvalue weighted by atomic mass is 9.70. The smallest absolute Gasteiger partial charge is 0.0346 e. The summed E-state index contributed by atoms with van der Waals surface area (Å²) in [5.74, 6) is 0.517. The summed E-state index contributed by atoms with van der Waals surface area (Å²) < 4.78 is 0. The highest BCUT2D eigenvalue weighted by atomic mass is 14.6. The molecule has 1 heteroatoms. The zero-order valence-electron chi connectivity index (χ0n) is 9.56. The molecular weight excluding hydrogens is 206 g/mol. The Balaban J connectivity index is 2.03. The largest absolute Gasteiger partial charge is 0.264 e. The molecule has 0 N–H and O–H groups in total. The molecule has 1 nitrogen and oxygen atoms in total. The van der Waals surface area contributed by atoms with E-state index in [1.54, 1.807) is 5.57 Å². The van der Waals surface area contributed by atoms with E-state index in [0.717, 1.165) is 0 Å². The highest BCUT2D eigenvalue weighted by Crippen LogP contribution is 2.47. The van der Waals surface area contributed by atoms with Crippen LogP contribution in [0.5, 0.6) is 0 Å². The molecule has 0 bridgehead atoms. The highest BCUT2D eigenvalue weighted by Gasteiger charge is 2.30. The average Bonchev–Trinajstić information content (AvgIpc) is 2.39. The van der Waals surface area contributed by atoms with Crippen LogP contribution in [0.4, 0.5) is 0 Å². The zero-order valence-corrected chi connectivity index (χ0v) is 9.56. The topological polar surface area (TPSA) is 12.9 Å². The predicted molar refractivity (Wildman–Crippen MR) is 70.1 cm³/mol. The number of pyridine rings is 1. The quantitative estimate of drug-likeness (QED) is 0.647. The second-order valence-corrected chi connectivity index (χ2v) is 4.84. The first kappa shape index (κ1) is 9.17. The van der Waals surface area contributed by atoms with Crippen molar-refractivity contribution >= 4 is 11.6 Å². The van der Waals surface area contributed by atoms with E-state index in [-0.39, 0.29) is 0 Å². The maximum absolute atomic E-state index is 4.24. The fraction of sp³-hybridized carbons (Fsp3) is 0.188. The molecule has 1 unspecified atom stereocenters. The summed E-state index contributed by atoms with van der Waals surface area (Å²) >= 11 is 0. The van der Waals surface area contributed by atoms with Crippen molar-refractivity contribution in [1.29, 1.82) is 0 Å². The Bertz CT molecular complexity index is 614. The van der Waals surface area contributed by atoms with Crippen LogP contribution in [0.1, 0.15) is 24.0 Å². The van der Waals surface area contributed by atoms with E-state index in [0.29, 0.717) is 5.92 Å². The van der Waals surface area contributed by atoms with Crippen LogP contribution in [-0.2, 0) is 0 Å². The first-order chi connectivity index (χ1) is 8.43. The van der Waals surface area contributed by atoms with Crippen molar-refractivity contribution in [3.8, 4) is 0 Å². The first-order valence-electron chi connectivity index (χ1n) is 6.16. The van der Waals surface area contributed by atoms with Gasteiger partial charge in [-0.3, -0.25) is 4.98 Å². The van der Waals surface area contributed by atoms with Gasteiger partial charge < -0.3 is 0 Å². The Morgan fingerprint density at radius 3 is 3.29 bits per heavy atom. The molecule has 1 atom stereocenters. The number of fused-ring (bicyclic) bond motifs is 2. The molecule has 0 spiro atoms. The van der Waals surface area contributed by atoms with Gasteiger partial charge in [0.05, 0.1) is 0 Å². The average molecular weight is 219 g/mol. The van der Waals surface area contributed by atoms with E-state index in [1.807, 2.05) is 12.4 Å². The summed E-state index contributed by atoms with van der Waals surface area (Å²) in [4.78, 5) is 4.24. The molecule has 3 aliphatic rings. The van der Waals surface area contributed by atoms with Gasteiger partial charge in [-0.05, 0) is 35.6 Å². The first-order valence-corrected chi connectivity index (χ1v) is 6.16. The standard InChI is InChI=1S/C16H13N/c1-3-11-4-2-6-15-14-7-8-17-10-13(14)9-12(5-1)16(11)15/h2-4,6-10,16H,1,5H2. The van der Waals surface area contributed by atoms with Crippen molar-refractivity contribution in [2.75, 3.05) is 0 Å². The molecule has 0 radical (unpaired) electrons. The number of hydrogen-bond donors (Lipinski definition) is 0. The van der Waals surface area contributed by atoms with Crippen LogP contribution in [0.25, 0.3) is 11.6 Å². The Morgan fingerprint density at radius 1 is 1.29 bits per heavy atom. The lowest BCUT2D eigenvalue weighted by Crippen LogP contribution is -2.18. The second kappa shape index (κ2) is 3.30. The van der Waals surface area contributed by atoms with E-state index >= 15 is 0 Å². The lowest BCUT2D eigenvalue weighted by molar-refractivity contribution is 0.783. The van der Waals surface area contributed by atoms with Crippen LogP contribution in [0, 0.1) is 5.92 Å². The maximum Gasteiger partial charge on any atom is 0.0346 e. The van der Waals surface area contributed by atoms with Gasteiger partial charge in [-0.15, -0.1) is 0 Å². The van der Waals surface area contributed by atoms with Crippen molar-refractivity contribution in [1.82, 2.24) is 4.98 Å². The number of aromatic nitrogens is 1. The molecule has 1 aromatic rings. The van der Waals surface area contributed by atoms with Crippen molar-refractivity contribution < 1.29 is 0 Å².